The number of carbonyl (C=O) groups is 19. The van der Waals surface area contributed by atoms with Gasteiger partial charge in [0.2, 0.25) is 76.8 Å². The Morgan fingerprint density at radius 2 is 1.12 bits per heavy atom. The zero-order valence-corrected chi connectivity index (χ0v) is 62.4. The Kier molecular flexibility index (Phi) is 38.2. The molecule has 0 saturated carbocycles. The summed E-state index contributed by atoms with van der Waals surface area (Å²) in [4.78, 5) is 262. The number of rotatable bonds is 33. The lowest BCUT2D eigenvalue weighted by atomic mass is 9.96. The van der Waals surface area contributed by atoms with E-state index in [9.17, 15) is 117 Å². The number of ketones is 1. The van der Waals surface area contributed by atoms with Crippen molar-refractivity contribution < 1.29 is 121 Å². The lowest BCUT2D eigenvalue weighted by molar-refractivity contribution is -0.156. The first-order chi connectivity index (χ1) is 53.0. The predicted octanol–water partition coefficient (Wildman–Crippen LogP) is -4.48. The third-order valence-electron chi connectivity index (χ3n) is 17.6. The molecule has 41 nitrogen and oxygen atoms in total. The fraction of sp³-hybridized carbons (Fsp3) is 0.535. The number of aliphatic hydroxyl groups is 1. The molecule has 13 atom stereocenters. The molecule has 41 heteroatoms. The molecule has 0 radical (unpaired) electrons. The standard InChI is InChI=1S/C71H100N16O25/c1-6-7-8-9-10-11-12-23-52(90)80-45(26-39-31-74-43-21-16-14-18-40(39)43)65(105)77-37(4)62(102)83-48(30-58(99)100)67(107)87-60-38(5)112-71(111)49(27-51(89)41-19-13-15-20-42(41)73)85-70(110)59(35(2)25-55(93)94)86-68(108)50(34-88)81-54(92)32-75-63(103)46(28-56(95)96)82-61(101)36(3)78-66(106)47(29-57(97)98)84-64(104)44(22-17-24-72)79-53(91)33-76-69(60)109/h13-16,18-21,31,35-38,44-50,59-60,74,88H,6-12,17,22-30,32-34,72-73H2,1-5H3,(H,75,103)(H,76,109)(H,77,105)(H,78,106)(H,79,91)(H,80,90)(H,81,92)(H,82,101)(H,83,102)(H,84,104)(H,85,110)(H,86,108)(H,87,107)(H,93,94)(H,95,96)(H,97,98)(H,99,100)/t35-,36-,37-,38-,44+,45+,46+,47+,48+,49+,50-,59+,60+/m1/s1. The van der Waals surface area contributed by atoms with Gasteiger partial charge in [0.25, 0.3) is 0 Å². The number of para-hydroxylation sites is 2. The first-order valence-corrected chi connectivity index (χ1v) is 36.1. The number of nitrogen functional groups attached to an aromatic ring is 1. The van der Waals surface area contributed by atoms with Gasteiger partial charge in [-0.3, -0.25) is 86.3 Å². The van der Waals surface area contributed by atoms with Gasteiger partial charge in [-0.05, 0) is 76.3 Å². The molecule has 2 aromatic carbocycles. The van der Waals surface area contributed by atoms with E-state index in [0.29, 0.717) is 22.9 Å². The van der Waals surface area contributed by atoms with E-state index in [-0.39, 0.29) is 43.5 Å². The van der Waals surface area contributed by atoms with Gasteiger partial charge in [-0.25, -0.2) is 4.79 Å². The number of H-pyrrole nitrogens is 1. The van der Waals surface area contributed by atoms with Crippen LogP contribution in [0.5, 0.6) is 0 Å². The summed E-state index contributed by atoms with van der Waals surface area (Å²) in [6.07, 6.45) is -0.446. The van der Waals surface area contributed by atoms with E-state index in [1.165, 1.54) is 24.3 Å². The van der Waals surface area contributed by atoms with E-state index in [0.717, 1.165) is 66.2 Å². The van der Waals surface area contributed by atoms with Gasteiger partial charge in [0.15, 0.2) is 5.78 Å². The number of fused-ring (bicyclic) bond motifs is 1. The van der Waals surface area contributed by atoms with Crippen molar-refractivity contribution in [2.75, 3.05) is 32.0 Å². The fourth-order valence-corrected chi connectivity index (χ4v) is 11.5. The van der Waals surface area contributed by atoms with Gasteiger partial charge in [0.05, 0.1) is 45.4 Å². The third kappa shape index (κ3) is 31.1. The zero-order valence-electron chi connectivity index (χ0n) is 62.4. The van der Waals surface area contributed by atoms with Gasteiger partial charge in [0, 0.05) is 47.6 Å². The molecule has 614 valence electrons. The monoisotopic (exact) mass is 1580 g/mol. The van der Waals surface area contributed by atoms with Crippen molar-refractivity contribution in [3.8, 4) is 0 Å². The molecule has 1 saturated heterocycles. The van der Waals surface area contributed by atoms with Crippen molar-refractivity contribution in [3.63, 3.8) is 0 Å². The number of benzene rings is 2. The van der Waals surface area contributed by atoms with Crippen LogP contribution in [0.15, 0.2) is 54.7 Å². The highest BCUT2D eigenvalue weighted by atomic mass is 16.5. The van der Waals surface area contributed by atoms with Crippen LogP contribution in [-0.4, -0.2) is 242 Å². The largest absolute Gasteiger partial charge is 0.481 e. The summed E-state index contributed by atoms with van der Waals surface area (Å²) in [5, 5.41) is 79.1. The number of cyclic esters (lactones) is 1. The Morgan fingerprint density at radius 1 is 0.554 bits per heavy atom. The van der Waals surface area contributed by atoms with Crippen LogP contribution in [0.2, 0.25) is 0 Å². The van der Waals surface area contributed by atoms with Crippen molar-refractivity contribution in [1.82, 2.24) is 74.1 Å². The molecule has 0 unspecified atom stereocenters. The Labute approximate surface area is 641 Å². The van der Waals surface area contributed by atoms with Crippen molar-refractivity contribution in [2.24, 2.45) is 11.7 Å². The van der Waals surface area contributed by atoms with Crippen LogP contribution < -0.4 is 80.6 Å². The zero-order chi connectivity index (χ0) is 83.5. The highest BCUT2D eigenvalue weighted by Gasteiger charge is 2.41. The number of unbranched alkanes of at least 4 members (excludes halogenated alkanes) is 6. The number of carbonyl (C=O) groups excluding carboxylic acids is 15. The first kappa shape index (κ1) is 92.2. The Morgan fingerprint density at radius 3 is 1.73 bits per heavy atom. The van der Waals surface area contributed by atoms with Gasteiger partial charge in [0.1, 0.15) is 72.6 Å². The second-order valence-electron chi connectivity index (χ2n) is 26.7. The second-order valence-corrected chi connectivity index (χ2v) is 26.7. The fourth-order valence-electron chi connectivity index (χ4n) is 11.5. The summed E-state index contributed by atoms with van der Waals surface area (Å²) >= 11 is 0. The molecule has 4 rings (SSSR count). The number of esters is 1. The van der Waals surface area contributed by atoms with Gasteiger partial charge in [-0.15, -0.1) is 0 Å². The summed E-state index contributed by atoms with van der Waals surface area (Å²) < 4.78 is 5.69. The van der Waals surface area contributed by atoms with Gasteiger partial charge < -0.3 is 116 Å². The van der Waals surface area contributed by atoms with Crippen LogP contribution in [0.25, 0.3) is 10.9 Å². The molecule has 13 amide bonds. The topological polar surface area (TPSA) is 659 Å². The van der Waals surface area contributed by atoms with Crippen LogP contribution in [0.3, 0.4) is 0 Å². The lowest BCUT2D eigenvalue weighted by Crippen LogP contribution is -2.61. The molecule has 112 heavy (non-hydrogen) atoms. The number of aliphatic carboxylic acids is 4. The SMILES string of the molecule is CCCCCCCCCC(=O)N[C@@H](Cc1c[nH]c2ccccc12)C(=O)N[C@H](C)C(=O)N[C@@H](CC(=O)O)C(=O)N[C@@H]1C(=O)NCC(=O)N[C@@H](CCCN)C(=O)N[C@@H](CC(=O)O)C(=O)N[C@H](C)C(=O)N[C@@H](CC(=O)O)C(=O)NCC(=O)N[C@H](CO)C(=O)N[C@@H]([C@H](C)CC(=O)O)C(=O)N[C@@H](CC(=O)c2ccccc2N)C(=O)O[C@@H]1C. The molecule has 0 spiro atoms. The Bertz CT molecular complexity index is 3910. The van der Waals surface area contributed by atoms with E-state index in [1.807, 2.05) is 16.0 Å². The summed E-state index contributed by atoms with van der Waals surface area (Å²) in [5.41, 5.74) is 12.7. The molecule has 2 heterocycles. The number of Topliss-reactive ketones (excluding diaryl/α,β-unsaturated/α-hetero) is 1. The smallest absolute Gasteiger partial charge is 0.329 e. The highest BCUT2D eigenvalue weighted by Crippen LogP contribution is 2.21. The number of hydrogen-bond donors (Lipinski definition) is 21. The van der Waals surface area contributed by atoms with Crippen molar-refractivity contribution in [1.29, 1.82) is 0 Å². The molecule has 0 aliphatic carbocycles. The van der Waals surface area contributed by atoms with Gasteiger partial charge >= 0.3 is 29.8 Å². The number of anilines is 1. The average Bonchev–Trinajstić information content (AvgIpc) is 1.66. The predicted molar refractivity (Wildman–Crippen MR) is 392 cm³/mol. The second kappa shape index (κ2) is 46.4. The molecule has 1 aliphatic rings. The number of hydrogen-bond acceptors (Lipinski definition) is 23. The number of carboxylic acid groups (broad SMARTS) is 4. The molecular formula is C71H100N16O25. The minimum Gasteiger partial charge on any atom is -0.481 e. The number of nitrogens with one attached hydrogen (secondary N) is 14. The summed E-state index contributed by atoms with van der Waals surface area (Å²) in [7, 11) is 0. The Balaban J connectivity index is 1.83. The van der Waals surface area contributed by atoms with Crippen LogP contribution in [0.4, 0.5) is 5.69 Å². The first-order valence-electron chi connectivity index (χ1n) is 36.1. The van der Waals surface area contributed by atoms with Crippen LogP contribution in [0.1, 0.15) is 147 Å². The van der Waals surface area contributed by atoms with E-state index >= 15 is 0 Å². The number of ether oxygens (including phenoxy) is 1. The van der Waals surface area contributed by atoms with E-state index in [4.69, 9.17) is 16.2 Å². The van der Waals surface area contributed by atoms with E-state index < -0.39 is 243 Å². The lowest BCUT2D eigenvalue weighted by Gasteiger charge is -2.30. The van der Waals surface area contributed by atoms with Crippen molar-refractivity contribution in [3.05, 3.63) is 65.9 Å². The van der Waals surface area contributed by atoms with Gasteiger partial charge in [-0.1, -0.05) is 82.7 Å². The van der Waals surface area contributed by atoms with Crippen LogP contribution in [-0.2, 0) is 97.5 Å². The number of amides is 13. The third-order valence-corrected chi connectivity index (χ3v) is 17.6. The maximum atomic E-state index is 14.8. The van der Waals surface area contributed by atoms with Crippen molar-refractivity contribution >= 4 is 129 Å². The average molecular weight is 1580 g/mol. The molecule has 1 aliphatic heterocycles. The maximum Gasteiger partial charge on any atom is 0.329 e. The highest BCUT2D eigenvalue weighted by molar-refractivity contribution is 6.05. The van der Waals surface area contributed by atoms with Crippen molar-refractivity contribution in [2.45, 2.75) is 210 Å². The van der Waals surface area contributed by atoms with E-state index in [1.54, 1.807) is 30.5 Å². The number of aromatic amines is 1. The minimum absolute atomic E-state index is 0.0556. The summed E-state index contributed by atoms with van der Waals surface area (Å²) in [6, 6.07) is -9.30. The molecule has 1 fully saturated rings. The maximum absolute atomic E-state index is 14.8. The number of aliphatic hydroxyl groups excluding tert-OH is 1. The normalized spacial score (nSPS) is 21.5. The number of nitrogens with two attached hydrogens (primary N) is 2. The molecule has 3 aromatic rings. The van der Waals surface area contributed by atoms with Crippen LogP contribution >= 0.6 is 0 Å². The molecule has 23 N–H and O–H groups in total. The summed E-state index contributed by atoms with van der Waals surface area (Å²) in [5.74, 6) is -27.4. The number of aromatic nitrogens is 1. The quantitative estimate of drug-likeness (QED) is 0.0118. The minimum atomic E-state index is -2.37. The molecule has 1 aromatic heterocycles. The van der Waals surface area contributed by atoms with Crippen LogP contribution in [0, 0.1) is 5.92 Å². The summed E-state index contributed by atoms with van der Waals surface area (Å²) in [6.45, 7) is 2.45. The number of carboxylic acids is 4. The molecular weight excluding hydrogens is 1480 g/mol. The molecule has 0 bridgehead atoms. The van der Waals surface area contributed by atoms with Gasteiger partial charge in [-0.2, -0.15) is 0 Å². The Hall–Kier alpha value is -12.2. The van der Waals surface area contributed by atoms with E-state index in [2.05, 4.69) is 65.1 Å².